The van der Waals surface area contributed by atoms with E-state index in [0.29, 0.717) is 17.0 Å². The lowest BCUT2D eigenvalue weighted by molar-refractivity contribution is 0.0600. The van der Waals surface area contributed by atoms with Crippen molar-refractivity contribution in [1.82, 2.24) is 0 Å². The van der Waals surface area contributed by atoms with Crippen LogP contribution < -0.4 is 10.5 Å². The third kappa shape index (κ3) is 5.11. The molecule has 0 saturated heterocycles. The molecule has 1 rings (SSSR count). The molecule has 0 bridgehead atoms. The molecule has 1 aromatic carbocycles. The summed E-state index contributed by atoms with van der Waals surface area (Å²) in [6.07, 6.45) is 6.03. The summed E-state index contributed by atoms with van der Waals surface area (Å²) in [4.78, 5) is 11.4. The van der Waals surface area contributed by atoms with Gasteiger partial charge in [-0.05, 0) is 38.0 Å². The Labute approximate surface area is 121 Å². The van der Waals surface area contributed by atoms with E-state index in [9.17, 15) is 4.79 Å². The van der Waals surface area contributed by atoms with Gasteiger partial charge in [-0.1, -0.05) is 26.2 Å². The van der Waals surface area contributed by atoms with Gasteiger partial charge in [0, 0.05) is 0 Å². The Morgan fingerprint density at radius 1 is 1.30 bits per heavy atom. The van der Waals surface area contributed by atoms with Crippen molar-refractivity contribution in [3.8, 4) is 5.75 Å². The van der Waals surface area contributed by atoms with E-state index in [4.69, 9.17) is 10.5 Å². The maximum Gasteiger partial charge on any atom is 0.337 e. The minimum Gasteiger partial charge on any atom is -0.489 e. The number of hydrogen-bond donors (Lipinski definition) is 1. The van der Waals surface area contributed by atoms with Gasteiger partial charge in [-0.3, -0.25) is 0 Å². The van der Waals surface area contributed by atoms with Gasteiger partial charge in [-0.2, -0.15) is 0 Å². The molecule has 0 saturated carbocycles. The van der Waals surface area contributed by atoms with Crippen molar-refractivity contribution < 1.29 is 14.3 Å². The van der Waals surface area contributed by atoms with Crippen LogP contribution in [0.4, 0.5) is 5.69 Å². The van der Waals surface area contributed by atoms with Gasteiger partial charge in [0.05, 0.1) is 24.5 Å². The van der Waals surface area contributed by atoms with E-state index in [0.717, 1.165) is 12.8 Å². The molecule has 4 heteroatoms. The zero-order chi connectivity index (χ0) is 15.0. The lowest BCUT2D eigenvalue weighted by atomic mass is 10.1. The Kier molecular flexibility index (Phi) is 6.91. The molecule has 0 aliphatic heterocycles. The lowest BCUT2D eigenvalue weighted by Crippen LogP contribution is -2.13. The van der Waals surface area contributed by atoms with Crippen LogP contribution in [0.2, 0.25) is 0 Å². The molecule has 0 aromatic heterocycles. The van der Waals surface area contributed by atoms with Crippen LogP contribution in [-0.4, -0.2) is 19.2 Å². The van der Waals surface area contributed by atoms with Crippen molar-refractivity contribution in [2.45, 2.75) is 52.1 Å². The molecule has 112 valence electrons. The highest BCUT2D eigenvalue weighted by atomic mass is 16.5. The first-order chi connectivity index (χ1) is 9.58. The Morgan fingerprint density at radius 2 is 2.05 bits per heavy atom. The molecular weight excluding hydrogens is 254 g/mol. The highest BCUT2D eigenvalue weighted by Crippen LogP contribution is 2.25. The molecular formula is C16H25NO3. The number of methoxy groups -OCH3 is 1. The van der Waals surface area contributed by atoms with Crippen molar-refractivity contribution in [3.05, 3.63) is 23.8 Å². The first-order valence-corrected chi connectivity index (χ1v) is 7.23. The maximum absolute atomic E-state index is 11.4. The molecule has 0 radical (unpaired) electrons. The molecule has 0 aliphatic rings. The normalized spacial score (nSPS) is 11.9. The number of carbonyl (C=O) groups is 1. The second-order valence-corrected chi connectivity index (χ2v) is 5.02. The molecule has 0 aliphatic carbocycles. The maximum atomic E-state index is 11.4. The van der Waals surface area contributed by atoms with Crippen LogP contribution in [0.15, 0.2) is 18.2 Å². The summed E-state index contributed by atoms with van der Waals surface area (Å²) < 4.78 is 10.5. The highest BCUT2D eigenvalue weighted by Gasteiger charge is 2.11. The summed E-state index contributed by atoms with van der Waals surface area (Å²) in [6, 6.07) is 4.98. The number of ether oxygens (including phenoxy) is 2. The van der Waals surface area contributed by atoms with Gasteiger partial charge in [-0.25, -0.2) is 4.79 Å². The van der Waals surface area contributed by atoms with E-state index >= 15 is 0 Å². The minimum absolute atomic E-state index is 0.123. The van der Waals surface area contributed by atoms with Crippen molar-refractivity contribution in [3.63, 3.8) is 0 Å². The fourth-order valence-corrected chi connectivity index (χ4v) is 2.03. The molecule has 1 unspecified atom stereocenters. The number of benzene rings is 1. The van der Waals surface area contributed by atoms with Crippen molar-refractivity contribution >= 4 is 11.7 Å². The number of unbranched alkanes of at least 4 members (excludes halogenated alkanes) is 3. The van der Waals surface area contributed by atoms with E-state index < -0.39 is 5.97 Å². The topological polar surface area (TPSA) is 61.5 Å². The number of rotatable bonds is 8. The number of carbonyl (C=O) groups excluding carboxylic acids is 1. The Bertz CT molecular complexity index is 432. The number of anilines is 1. The first-order valence-electron chi connectivity index (χ1n) is 7.23. The van der Waals surface area contributed by atoms with Crippen molar-refractivity contribution in [2.24, 2.45) is 0 Å². The SMILES string of the molecule is CCCCCCC(C)Oc1ccc(C(=O)OC)cc1N. The third-order valence-electron chi connectivity index (χ3n) is 3.22. The molecule has 0 spiro atoms. The van der Waals surface area contributed by atoms with Gasteiger partial charge in [0.1, 0.15) is 5.75 Å². The first kappa shape index (κ1) is 16.3. The third-order valence-corrected chi connectivity index (χ3v) is 3.22. The summed E-state index contributed by atoms with van der Waals surface area (Å²) >= 11 is 0. The van der Waals surface area contributed by atoms with Crippen LogP contribution in [0.1, 0.15) is 56.3 Å². The average molecular weight is 279 g/mol. The molecule has 0 heterocycles. The van der Waals surface area contributed by atoms with Crippen molar-refractivity contribution in [2.75, 3.05) is 12.8 Å². The number of nitrogen functional groups attached to an aromatic ring is 1. The van der Waals surface area contributed by atoms with Crippen molar-refractivity contribution in [1.29, 1.82) is 0 Å². The highest BCUT2D eigenvalue weighted by molar-refractivity contribution is 5.90. The Morgan fingerprint density at radius 3 is 2.65 bits per heavy atom. The lowest BCUT2D eigenvalue weighted by Gasteiger charge is -2.16. The van der Waals surface area contributed by atoms with E-state index in [1.165, 1.54) is 26.4 Å². The summed E-state index contributed by atoms with van der Waals surface area (Å²) in [5, 5.41) is 0. The van der Waals surface area contributed by atoms with Crippen LogP contribution >= 0.6 is 0 Å². The van der Waals surface area contributed by atoms with Gasteiger partial charge in [0.25, 0.3) is 0 Å². The summed E-state index contributed by atoms with van der Waals surface area (Å²) in [5.41, 5.74) is 6.81. The monoisotopic (exact) mass is 279 g/mol. The van der Waals surface area contributed by atoms with Gasteiger partial charge in [0.15, 0.2) is 0 Å². The zero-order valence-corrected chi connectivity index (χ0v) is 12.6. The van der Waals surface area contributed by atoms with E-state index in [-0.39, 0.29) is 6.10 Å². The smallest absolute Gasteiger partial charge is 0.337 e. The average Bonchev–Trinajstić information content (AvgIpc) is 2.45. The van der Waals surface area contributed by atoms with Crippen LogP contribution in [-0.2, 0) is 4.74 Å². The molecule has 0 fully saturated rings. The summed E-state index contributed by atoms with van der Waals surface area (Å²) in [7, 11) is 1.35. The van der Waals surface area contributed by atoms with Crippen LogP contribution in [0.25, 0.3) is 0 Å². The van der Waals surface area contributed by atoms with Crippen LogP contribution in [0.3, 0.4) is 0 Å². The fraction of sp³-hybridized carbons (Fsp3) is 0.562. The second-order valence-electron chi connectivity index (χ2n) is 5.02. The number of hydrogen-bond acceptors (Lipinski definition) is 4. The van der Waals surface area contributed by atoms with Gasteiger partial charge in [-0.15, -0.1) is 0 Å². The van der Waals surface area contributed by atoms with Gasteiger partial charge in [0.2, 0.25) is 0 Å². The summed E-state index contributed by atoms with van der Waals surface area (Å²) in [6.45, 7) is 4.24. The molecule has 0 amide bonds. The fourth-order valence-electron chi connectivity index (χ4n) is 2.03. The minimum atomic E-state index is -0.393. The van der Waals surface area contributed by atoms with Gasteiger partial charge < -0.3 is 15.2 Å². The predicted molar refractivity (Wildman–Crippen MR) is 81.0 cm³/mol. The zero-order valence-electron chi connectivity index (χ0n) is 12.6. The molecule has 1 atom stereocenters. The van der Waals surface area contributed by atoms with E-state index in [1.807, 2.05) is 6.92 Å². The van der Waals surface area contributed by atoms with E-state index in [2.05, 4.69) is 11.7 Å². The number of nitrogens with two attached hydrogens (primary N) is 1. The summed E-state index contributed by atoms with van der Waals surface area (Å²) in [5.74, 6) is 0.233. The molecule has 1 aromatic rings. The quantitative estimate of drug-likeness (QED) is 0.447. The van der Waals surface area contributed by atoms with E-state index in [1.54, 1.807) is 18.2 Å². The molecule has 2 N–H and O–H groups in total. The molecule has 20 heavy (non-hydrogen) atoms. The van der Waals surface area contributed by atoms with Crippen LogP contribution in [0.5, 0.6) is 5.75 Å². The number of esters is 1. The van der Waals surface area contributed by atoms with Crippen LogP contribution in [0, 0.1) is 0 Å². The predicted octanol–water partition coefficient (Wildman–Crippen LogP) is 3.79. The Balaban J connectivity index is 2.53. The standard InChI is InChI=1S/C16H25NO3/c1-4-5-6-7-8-12(2)20-15-10-9-13(11-14(15)17)16(18)19-3/h9-12H,4-8,17H2,1-3H3. The molecule has 4 nitrogen and oxygen atoms in total. The Hall–Kier alpha value is -1.71. The second kappa shape index (κ2) is 8.46. The van der Waals surface area contributed by atoms with Gasteiger partial charge >= 0.3 is 5.97 Å². The largest absolute Gasteiger partial charge is 0.489 e.